The number of aryl methyl sites for hydroxylation is 1. The van der Waals surface area contributed by atoms with E-state index in [9.17, 15) is 14.7 Å². The summed E-state index contributed by atoms with van der Waals surface area (Å²) in [6, 6.07) is 9.34. The lowest BCUT2D eigenvalue weighted by molar-refractivity contribution is 0.0484. The summed E-state index contributed by atoms with van der Waals surface area (Å²) in [5, 5.41) is 10.8. The molecule has 5 rings (SSSR count). The fourth-order valence-corrected chi connectivity index (χ4v) is 5.64. The number of carboxylic acid groups (broad SMARTS) is 1. The first-order valence-corrected chi connectivity index (χ1v) is 12.0. The number of halogens is 1. The van der Waals surface area contributed by atoms with E-state index >= 15 is 0 Å². The maximum absolute atomic E-state index is 13.3. The van der Waals surface area contributed by atoms with Gasteiger partial charge in [-0.15, -0.1) is 0 Å². The molecule has 176 valence electrons. The molecule has 2 atom stereocenters. The molecule has 2 aromatic heterocycles. The molecule has 0 bridgehead atoms. The molecule has 1 aliphatic carbocycles. The molecule has 1 aromatic carbocycles. The molecule has 0 saturated carbocycles. The van der Waals surface area contributed by atoms with Gasteiger partial charge in [0.05, 0.1) is 10.5 Å². The van der Waals surface area contributed by atoms with E-state index in [1.165, 1.54) is 10.5 Å². The number of carbonyl (C=O) groups excluding carboxylic acids is 1. The van der Waals surface area contributed by atoms with Crippen LogP contribution in [0.1, 0.15) is 52.1 Å². The average molecular weight is 479 g/mol. The standard InChI is InChI=1S/C26H27ClN4O3/c1-15-4-3-9-28-24(15)17-5-7-19-21(12-17)29-22-13-18(6-8-20(22)23(19)27)25(32)31-11-10-30(26(33)34)14-16(31)2/h3-4,6,8-9,13,16-17H,5,7,10-12,14H2,1-2H3,(H,33,34)/t16-,17?/m1/s1. The fraction of sp³-hybridized carbons (Fsp3) is 0.385. The van der Waals surface area contributed by atoms with Crippen molar-refractivity contribution in [1.82, 2.24) is 19.8 Å². The zero-order valence-electron chi connectivity index (χ0n) is 19.3. The predicted octanol–water partition coefficient (Wildman–Crippen LogP) is 4.69. The van der Waals surface area contributed by atoms with E-state index in [4.69, 9.17) is 16.6 Å². The third-order valence-corrected chi connectivity index (χ3v) is 7.56. The van der Waals surface area contributed by atoms with Crippen LogP contribution < -0.4 is 0 Å². The van der Waals surface area contributed by atoms with Crippen LogP contribution in [0, 0.1) is 6.92 Å². The van der Waals surface area contributed by atoms with Crippen molar-refractivity contribution in [3.8, 4) is 0 Å². The number of pyridine rings is 2. The van der Waals surface area contributed by atoms with Gasteiger partial charge in [-0.3, -0.25) is 14.8 Å². The molecule has 7 nitrogen and oxygen atoms in total. The molecule has 1 saturated heterocycles. The Hall–Kier alpha value is -3.19. The summed E-state index contributed by atoms with van der Waals surface area (Å²) < 4.78 is 0. The van der Waals surface area contributed by atoms with E-state index in [2.05, 4.69) is 18.0 Å². The van der Waals surface area contributed by atoms with Crippen molar-refractivity contribution in [3.63, 3.8) is 0 Å². The molecule has 1 unspecified atom stereocenters. The van der Waals surface area contributed by atoms with Crippen LogP contribution in [0.3, 0.4) is 0 Å². The van der Waals surface area contributed by atoms with Gasteiger partial charge in [0, 0.05) is 60.1 Å². The Balaban J connectivity index is 1.44. The summed E-state index contributed by atoms with van der Waals surface area (Å²) in [6.45, 7) is 4.95. The molecule has 1 fully saturated rings. The molecule has 0 radical (unpaired) electrons. The highest BCUT2D eigenvalue weighted by Crippen LogP contribution is 2.38. The van der Waals surface area contributed by atoms with Crippen molar-refractivity contribution in [2.45, 2.75) is 45.1 Å². The normalized spacial score (nSPS) is 20.3. The van der Waals surface area contributed by atoms with Crippen molar-refractivity contribution >= 4 is 34.5 Å². The second-order valence-electron chi connectivity index (χ2n) is 9.30. The van der Waals surface area contributed by atoms with Crippen molar-refractivity contribution in [3.05, 3.63) is 69.6 Å². The van der Waals surface area contributed by atoms with Crippen LogP contribution in [0.25, 0.3) is 10.9 Å². The molecule has 8 heteroatoms. The Morgan fingerprint density at radius 1 is 1.21 bits per heavy atom. The quantitative estimate of drug-likeness (QED) is 0.577. The Kier molecular flexibility index (Phi) is 5.90. The minimum Gasteiger partial charge on any atom is -0.465 e. The number of nitrogens with zero attached hydrogens (tertiary/aromatic N) is 4. The number of hydrogen-bond acceptors (Lipinski definition) is 4. The number of aromatic nitrogens is 2. The van der Waals surface area contributed by atoms with Gasteiger partial charge in [-0.25, -0.2) is 4.79 Å². The summed E-state index contributed by atoms with van der Waals surface area (Å²) in [5.74, 6) is 0.183. The van der Waals surface area contributed by atoms with Crippen molar-refractivity contribution in [1.29, 1.82) is 0 Å². The van der Waals surface area contributed by atoms with Gasteiger partial charge in [0.25, 0.3) is 5.91 Å². The molecular weight excluding hydrogens is 452 g/mol. The lowest BCUT2D eigenvalue weighted by Crippen LogP contribution is -2.55. The molecule has 34 heavy (non-hydrogen) atoms. The number of hydrogen-bond donors (Lipinski definition) is 1. The number of piperazine rings is 1. The maximum Gasteiger partial charge on any atom is 0.407 e. The fourth-order valence-electron chi connectivity index (χ4n) is 5.28. The van der Waals surface area contributed by atoms with Crippen molar-refractivity contribution in [2.75, 3.05) is 19.6 Å². The zero-order valence-corrected chi connectivity index (χ0v) is 20.0. The second-order valence-corrected chi connectivity index (χ2v) is 9.68. The highest BCUT2D eigenvalue weighted by Gasteiger charge is 2.31. The van der Waals surface area contributed by atoms with E-state index in [-0.39, 0.29) is 11.9 Å². The first kappa shape index (κ1) is 22.6. The van der Waals surface area contributed by atoms with E-state index in [1.54, 1.807) is 11.0 Å². The summed E-state index contributed by atoms with van der Waals surface area (Å²) in [4.78, 5) is 37.2. The molecule has 1 aliphatic heterocycles. The predicted molar refractivity (Wildman–Crippen MR) is 131 cm³/mol. The summed E-state index contributed by atoms with van der Waals surface area (Å²) in [7, 11) is 0. The number of fused-ring (bicyclic) bond motifs is 2. The molecule has 0 spiro atoms. The van der Waals surface area contributed by atoms with Crippen molar-refractivity contribution in [2.24, 2.45) is 0 Å². The van der Waals surface area contributed by atoms with Gasteiger partial charge in [-0.05, 0) is 62.4 Å². The van der Waals surface area contributed by atoms with Crippen LogP contribution >= 0.6 is 11.6 Å². The van der Waals surface area contributed by atoms with E-state index < -0.39 is 6.09 Å². The zero-order chi connectivity index (χ0) is 24.0. The molecule has 2 amide bonds. The Morgan fingerprint density at radius 3 is 2.76 bits per heavy atom. The summed E-state index contributed by atoms with van der Waals surface area (Å²) in [5.41, 5.74) is 5.63. The van der Waals surface area contributed by atoms with Crippen molar-refractivity contribution < 1.29 is 14.7 Å². The number of carbonyl (C=O) groups is 2. The van der Waals surface area contributed by atoms with Gasteiger partial charge < -0.3 is 14.9 Å². The minimum absolute atomic E-state index is 0.114. The van der Waals surface area contributed by atoms with Gasteiger partial charge in [-0.1, -0.05) is 23.7 Å². The molecule has 1 N–H and O–H groups in total. The molecule has 3 heterocycles. The average Bonchev–Trinajstić information content (AvgIpc) is 2.83. The largest absolute Gasteiger partial charge is 0.465 e. The smallest absolute Gasteiger partial charge is 0.407 e. The van der Waals surface area contributed by atoms with Gasteiger partial charge in [0.15, 0.2) is 0 Å². The Morgan fingerprint density at radius 2 is 2.03 bits per heavy atom. The van der Waals surface area contributed by atoms with Crippen LogP contribution in [-0.4, -0.2) is 62.6 Å². The molecule has 3 aromatic rings. The lowest BCUT2D eigenvalue weighted by atomic mass is 9.83. The lowest BCUT2D eigenvalue weighted by Gasteiger charge is -2.38. The molecular formula is C26H27ClN4O3. The number of benzene rings is 1. The van der Waals surface area contributed by atoms with E-state index in [0.717, 1.165) is 46.6 Å². The maximum atomic E-state index is 13.3. The monoisotopic (exact) mass is 478 g/mol. The first-order valence-electron chi connectivity index (χ1n) is 11.6. The highest BCUT2D eigenvalue weighted by molar-refractivity contribution is 6.36. The van der Waals surface area contributed by atoms with Crippen LogP contribution in [0.15, 0.2) is 36.5 Å². The third-order valence-electron chi connectivity index (χ3n) is 7.13. The van der Waals surface area contributed by atoms with E-state index in [1.807, 2.05) is 31.3 Å². The summed E-state index contributed by atoms with van der Waals surface area (Å²) in [6.07, 6.45) is 3.49. The second kappa shape index (κ2) is 8.87. The van der Waals surface area contributed by atoms with E-state index in [0.29, 0.717) is 36.6 Å². The number of amides is 2. The number of rotatable bonds is 2. The van der Waals surface area contributed by atoms with Gasteiger partial charge in [0.2, 0.25) is 0 Å². The van der Waals surface area contributed by atoms with Gasteiger partial charge in [0.1, 0.15) is 0 Å². The topological polar surface area (TPSA) is 86.6 Å². The minimum atomic E-state index is -0.951. The summed E-state index contributed by atoms with van der Waals surface area (Å²) >= 11 is 6.82. The Labute approximate surface area is 203 Å². The van der Waals surface area contributed by atoms with Crippen LogP contribution in [0.4, 0.5) is 4.79 Å². The van der Waals surface area contributed by atoms with Gasteiger partial charge in [-0.2, -0.15) is 0 Å². The first-order chi connectivity index (χ1) is 16.3. The third kappa shape index (κ3) is 3.98. The van der Waals surface area contributed by atoms with Crippen LogP contribution in [0.5, 0.6) is 0 Å². The SMILES string of the molecule is Cc1cccnc1C1CCc2c(nc3cc(C(=O)N4CCN(C(=O)O)C[C@H]4C)ccc3c2Cl)C1. The Bertz CT molecular complexity index is 1290. The molecule has 2 aliphatic rings. The highest BCUT2D eigenvalue weighted by atomic mass is 35.5. The van der Waals surface area contributed by atoms with Gasteiger partial charge >= 0.3 is 6.09 Å². The van der Waals surface area contributed by atoms with Crippen LogP contribution in [0.2, 0.25) is 5.02 Å². The van der Waals surface area contributed by atoms with Crippen LogP contribution in [-0.2, 0) is 12.8 Å².